The third-order valence-electron chi connectivity index (χ3n) is 4.54. The van der Waals surface area contributed by atoms with Crippen molar-refractivity contribution in [2.75, 3.05) is 0 Å². The first-order valence-electron chi connectivity index (χ1n) is 8.49. The molecule has 28 heavy (non-hydrogen) atoms. The van der Waals surface area contributed by atoms with Crippen molar-refractivity contribution in [3.05, 3.63) is 82.2 Å². The molecule has 0 aliphatic carbocycles. The molecule has 3 heterocycles. The van der Waals surface area contributed by atoms with Crippen LogP contribution in [0.5, 0.6) is 0 Å². The number of halogens is 3. The third kappa shape index (κ3) is 3.40. The molecule has 142 valence electrons. The Morgan fingerprint density at radius 2 is 1.86 bits per heavy atom. The molecule has 0 atom stereocenters. The highest BCUT2D eigenvalue weighted by Gasteiger charge is 2.32. The van der Waals surface area contributed by atoms with E-state index >= 15 is 0 Å². The fourth-order valence-corrected chi connectivity index (χ4v) is 3.06. The number of benzene rings is 1. The minimum Gasteiger partial charge on any atom is -0.311 e. The number of rotatable bonds is 3. The molecule has 4 rings (SSSR count). The maximum Gasteiger partial charge on any atom is 0.433 e. The van der Waals surface area contributed by atoms with E-state index in [9.17, 15) is 18.0 Å². The molecule has 0 saturated carbocycles. The molecular weight excluding hydrogens is 369 g/mol. The number of fused-ring (bicyclic) bond motifs is 1. The minimum absolute atomic E-state index is 0.0323. The summed E-state index contributed by atoms with van der Waals surface area (Å²) in [6, 6.07) is 11.4. The molecule has 5 nitrogen and oxygen atoms in total. The average Bonchev–Trinajstić information content (AvgIpc) is 3.03. The van der Waals surface area contributed by atoms with Gasteiger partial charge < -0.3 is 4.57 Å². The van der Waals surface area contributed by atoms with Gasteiger partial charge in [-0.05, 0) is 53.9 Å². The molecule has 0 fully saturated rings. The number of nitrogens with zero attached hydrogens (tertiary/aromatic N) is 3. The van der Waals surface area contributed by atoms with Crippen LogP contribution in [0.2, 0.25) is 0 Å². The van der Waals surface area contributed by atoms with E-state index in [1.165, 1.54) is 16.7 Å². The normalized spacial score (nSPS) is 11.9. The SMILES string of the molecule is Cc1[nH]nc2ccc(-c3ccn(Cc4ccnc(C(F)(F)F)c4)c(=O)c3)cc12. The van der Waals surface area contributed by atoms with Gasteiger partial charge in [0.2, 0.25) is 0 Å². The van der Waals surface area contributed by atoms with Crippen LogP contribution in [0.15, 0.2) is 59.7 Å². The summed E-state index contributed by atoms with van der Waals surface area (Å²) in [5.41, 5.74) is 2.45. The molecule has 1 N–H and O–H groups in total. The average molecular weight is 384 g/mol. The number of aryl methyl sites for hydroxylation is 1. The lowest BCUT2D eigenvalue weighted by Crippen LogP contribution is -2.19. The zero-order valence-corrected chi connectivity index (χ0v) is 14.8. The Morgan fingerprint density at radius 1 is 1.07 bits per heavy atom. The second-order valence-electron chi connectivity index (χ2n) is 6.51. The van der Waals surface area contributed by atoms with Crippen LogP contribution >= 0.6 is 0 Å². The van der Waals surface area contributed by atoms with Crippen molar-refractivity contribution in [1.29, 1.82) is 0 Å². The predicted molar refractivity (Wildman–Crippen MR) is 98.9 cm³/mol. The lowest BCUT2D eigenvalue weighted by molar-refractivity contribution is -0.141. The summed E-state index contributed by atoms with van der Waals surface area (Å²) in [5.74, 6) is 0. The number of aromatic nitrogens is 4. The molecule has 8 heteroatoms. The van der Waals surface area contributed by atoms with Gasteiger partial charge >= 0.3 is 6.18 Å². The highest BCUT2D eigenvalue weighted by atomic mass is 19.4. The second kappa shape index (κ2) is 6.63. The molecule has 0 aliphatic rings. The van der Waals surface area contributed by atoms with E-state index in [0.29, 0.717) is 5.56 Å². The van der Waals surface area contributed by atoms with Gasteiger partial charge in [-0.25, -0.2) is 0 Å². The zero-order valence-electron chi connectivity index (χ0n) is 14.8. The summed E-state index contributed by atoms with van der Waals surface area (Å²) in [6.45, 7) is 1.95. The summed E-state index contributed by atoms with van der Waals surface area (Å²) in [5, 5.41) is 8.07. The van der Waals surface area contributed by atoms with Crippen LogP contribution in [0.3, 0.4) is 0 Å². The topological polar surface area (TPSA) is 63.6 Å². The molecule has 0 aliphatic heterocycles. The van der Waals surface area contributed by atoms with Crippen LogP contribution < -0.4 is 5.56 Å². The highest BCUT2D eigenvalue weighted by molar-refractivity contribution is 5.86. The number of pyridine rings is 2. The molecule has 0 amide bonds. The smallest absolute Gasteiger partial charge is 0.311 e. The van der Waals surface area contributed by atoms with E-state index in [4.69, 9.17) is 0 Å². The van der Waals surface area contributed by atoms with Crippen LogP contribution in [-0.2, 0) is 12.7 Å². The monoisotopic (exact) mass is 384 g/mol. The van der Waals surface area contributed by atoms with Gasteiger partial charge in [0.1, 0.15) is 5.69 Å². The molecule has 3 aromatic heterocycles. The van der Waals surface area contributed by atoms with E-state index in [1.54, 1.807) is 12.3 Å². The summed E-state index contributed by atoms with van der Waals surface area (Å²) in [6.07, 6.45) is -1.84. The molecular formula is C20H15F3N4O. The van der Waals surface area contributed by atoms with Crippen LogP contribution in [0, 0.1) is 6.92 Å². The quantitative estimate of drug-likeness (QED) is 0.577. The minimum atomic E-state index is -4.52. The Labute approximate surface area is 157 Å². The van der Waals surface area contributed by atoms with Gasteiger partial charge in [-0.3, -0.25) is 14.9 Å². The zero-order chi connectivity index (χ0) is 19.9. The first-order chi connectivity index (χ1) is 13.3. The van der Waals surface area contributed by atoms with Crippen molar-refractivity contribution < 1.29 is 13.2 Å². The Morgan fingerprint density at radius 3 is 2.61 bits per heavy atom. The van der Waals surface area contributed by atoms with E-state index < -0.39 is 11.9 Å². The van der Waals surface area contributed by atoms with E-state index in [1.807, 2.05) is 25.1 Å². The van der Waals surface area contributed by atoms with Gasteiger partial charge in [0.25, 0.3) is 5.56 Å². The highest BCUT2D eigenvalue weighted by Crippen LogP contribution is 2.28. The van der Waals surface area contributed by atoms with Crippen molar-refractivity contribution in [1.82, 2.24) is 19.7 Å². The summed E-state index contributed by atoms with van der Waals surface area (Å²) < 4.78 is 39.8. The third-order valence-corrected chi connectivity index (χ3v) is 4.54. The summed E-state index contributed by atoms with van der Waals surface area (Å²) in [7, 11) is 0. The fourth-order valence-electron chi connectivity index (χ4n) is 3.06. The number of alkyl halides is 3. The molecule has 0 bridgehead atoms. The van der Waals surface area contributed by atoms with Crippen LogP contribution in [-0.4, -0.2) is 19.7 Å². The van der Waals surface area contributed by atoms with Crippen LogP contribution in [0.25, 0.3) is 22.0 Å². The molecule has 0 spiro atoms. The number of H-pyrrole nitrogens is 1. The van der Waals surface area contributed by atoms with Gasteiger partial charge in [-0.2, -0.15) is 18.3 Å². The lowest BCUT2D eigenvalue weighted by atomic mass is 10.0. The molecule has 0 unspecified atom stereocenters. The van der Waals surface area contributed by atoms with Crippen molar-refractivity contribution in [3.63, 3.8) is 0 Å². The van der Waals surface area contributed by atoms with Gasteiger partial charge in [0.15, 0.2) is 0 Å². The predicted octanol–water partition coefficient (Wildman–Crippen LogP) is 4.16. The first-order valence-corrected chi connectivity index (χ1v) is 8.49. The van der Waals surface area contributed by atoms with Gasteiger partial charge in [0.05, 0.1) is 12.1 Å². The largest absolute Gasteiger partial charge is 0.433 e. The first kappa shape index (κ1) is 18.0. The standard InChI is InChI=1S/C20H15F3N4O/c1-12-16-9-14(2-3-17(16)26-25-12)15-5-7-27(19(28)10-15)11-13-4-6-24-18(8-13)20(21,22)23/h2-10H,11H2,1H3,(H,25,26). The molecule has 1 aromatic carbocycles. The van der Waals surface area contributed by atoms with E-state index in [2.05, 4.69) is 15.2 Å². The fraction of sp³-hybridized carbons (Fsp3) is 0.150. The van der Waals surface area contributed by atoms with Crippen molar-refractivity contribution >= 4 is 10.9 Å². The van der Waals surface area contributed by atoms with Crippen molar-refractivity contribution in [2.45, 2.75) is 19.6 Å². The number of aromatic amines is 1. The Hall–Kier alpha value is -3.42. The van der Waals surface area contributed by atoms with Crippen LogP contribution in [0.4, 0.5) is 13.2 Å². The molecule has 0 radical (unpaired) electrons. The number of nitrogens with one attached hydrogen (secondary N) is 1. The Bertz CT molecular complexity index is 1220. The van der Waals surface area contributed by atoms with E-state index in [-0.39, 0.29) is 12.1 Å². The van der Waals surface area contributed by atoms with Crippen molar-refractivity contribution in [2.24, 2.45) is 0 Å². The van der Waals surface area contributed by atoms with Gasteiger partial charge in [-0.15, -0.1) is 0 Å². The van der Waals surface area contributed by atoms with Crippen LogP contribution in [0.1, 0.15) is 17.0 Å². The van der Waals surface area contributed by atoms with E-state index in [0.717, 1.165) is 40.0 Å². The number of hydrogen-bond acceptors (Lipinski definition) is 3. The maximum atomic E-state index is 12.8. The van der Waals surface area contributed by atoms with Gasteiger partial charge in [-0.1, -0.05) is 6.07 Å². The summed E-state index contributed by atoms with van der Waals surface area (Å²) in [4.78, 5) is 15.8. The Balaban J connectivity index is 1.64. The van der Waals surface area contributed by atoms with Gasteiger partial charge in [0, 0.05) is 29.5 Å². The lowest BCUT2D eigenvalue weighted by Gasteiger charge is -2.10. The summed E-state index contributed by atoms with van der Waals surface area (Å²) >= 11 is 0. The Kier molecular flexibility index (Phi) is 4.26. The molecule has 0 saturated heterocycles. The maximum absolute atomic E-state index is 12.8. The van der Waals surface area contributed by atoms with Crippen molar-refractivity contribution in [3.8, 4) is 11.1 Å². The number of hydrogen-bond donors (Lipinski definition) is 1. The second-order valence-corrected chi connectivity index (χ2v) is 6.51. The molecule has 4 aromatic rings.